The topological polar surface area (TPSA) is 69.6 Å². The second kappa shape index (κ2) is 4.62. The number of fused-ring (bicyclic) bond motifs is 1. The van der Waals surface area contributed by atoms with E-state index < -0.39 is 0 Å². The summed E-state index contributed by atoms with van der Waals surface area (Å²) in [6, 6.07) is 7.81. The lowest BCUT2D eigenvalue weighted by Crippen LogP contribution is -2.06. The molecular formula is C13H12BrN5. The van der Waals surface area contributed by atoms with Crippen LogP contribution in [0.4, 0.5) is 5.95 Å². The van der Waals surface area contributed by atoms with Gasteiger partial charge >= 0.3 is 0 Å². The zero-order valence-electron chi connectivity index (χ0n) is 10.3. The molecule has 0 spiro atoms. The van der Waals surface area contributed by atoms with E-state index in [1.165, 1.54) is 0 Å². The fraction of sp³-hybridized carbons (Fsp3) is 0.154. The highest BCUT2D eigenvalue weighted by Gasteiger charge is 2.09. The number of hydrogen-bond acceptors (Lipinski definition) is 4. The minimum Gasteiger partial charge on any atom is -0.369 e. The van der Waals surface area contributed by atoms with Gasteiger partial charge in [-0.3, -0.25) is 0 Å². The Balaban J connectivity index is 2.07. The number of benzene rings is 1. The molecule has 2 heterocycles. The van der Waals surface area contributed by atoms with Crippen LogP contribution >= 0.6 is 15.9 Å². The zero-order chi connectivity index (χ0) is 13.4. The van der Waals surface area contributed by atoms with E-state index in [0.29, 0.717) is 12.5 Å². The second-order valence-corrected chi connectivity index (χ2v) is 5.20. The first kappa shape index (κ1) is 12.1. The molecule has 1 aromatic carbocycles. The number of nitrogens with two attached hydrogens (primary N) is 1. The maximum Gasteiger partial charge on any atom is 0.201 e. The molecule has 0 atom stereocenters. The summed E-state index contributed by atoms with van der Waals surface area (Å²) in [4.78, 5) is 12.8. The highest BCUT2D eigenvalue weighted by molar-refractivity contribution is 9.10. The second-order valence-electron chi connectivity index (χ2n) is 4.28. The number of halogens is 1. The number of nitrogens with zero attached hydrogens (tertiary/aromatic N) is 4. The van der Waals surface area contributed by atoms with E-state index in [2.05, 4.69) is 30.9 Å². The van der Waals surface area contributed by atoms with Gasteiger partial charge in [0.2, 0.25) is 5.95 Å². The molecule has 0 saturated heterocycles. The highest BCUT2D eigenvalue weighted by atomic mass is 79.9. The molecule has 19 heavy (non-hydrogen) atoms. The van der Waals surface area contributed by atoms with Crippen LogP contribution in [0.2, 0.25) is 0 Å². The summed E-state index contributed by atoms with van der Waals surface area (Å²) in [7, 11) is 0. The van der Waals surface area contributed by atoms with E-state index in [1.54, 1.807) is 6.20 Å². The lowest BCUT2D eigenvalue weighted by Gasteiger charge is -2.06. The van der Waals surface area contributed by atoms with Crippen LogP contribution in [-0.2, 0) is 6.54 Å². The zero-order valence-corrected chi connectivity index (χ0v) is 11.9. The summed E-state index contributed by atoms with van der Waals surface area (Å²) in [6.07, 6.45) is 1.75. The first-order valence-corrected chi connectivity index (χ1v) is 6.62. The minimum atomic E-state index is 0.490. The van der Waals surface area contributed by atoms with Gasteiger partial charge < -0.3 is 10.3 Å². The molecule has 0 bridgehead atoms. The fourth-order valence-electron chi connectivity index (χ4n) is 2.04. The van der Waals surface area contributed by atoms with Gasteiger partial charge in [-0.1, -0.05) is 15.9 Å². The third kappa shape index (κ3) is 2.31. The third-order valence-corrected chi connectivity index (χ3v) is 3.39. The number of aromatic nitrogens is 4. The van der Waals surface area contributed by atoms with Crippen LogP contribution in [0.1, 0.15) is 11.5 Å². The molecule has 0 saturated carbocycles. The SMILES string of the molecule is Cc1nccc(Cn2c(N)nc3cc(Br)ccc32)n1. The van der Waals surface area contributed by atoms with Crippen molar-refractivity contribution >= 4 is 32.9 Å². The van der Waals surface area contributed by atoms with Crippen LogP contribution in [0, 0.1) is 6.92 Å². The number of imidazole rings is 1. The fourth-order valence-corrected chi connectivity index (χ4v) is 2.39. The van der Waals surface area contributed by atoms with Crippen molar-refractivity contribution in [2.75, 3.05) is 5.73 Å². The van der Waals surface area contributed by atoms with Crippen LogP contribution in [0.5, 0.6) is 0 Å². The van der Waals surface area contributed by atoms with Gasteiger partial charge in [-0.05, 0) is 31.2 Å². The Bertz CT molecular complexity index is 750. The van der Waals surface area contributed by atoms with E-state index in [-0.39, 0.29) is 0 Å². The summed E-state index contributed by atoms with van der Waals surface area (Å²) < 4.78 is 2.94. The van der Waals surface area contributed by atoms with Gasteiger partial charge in [0.25, 0.3) is 0 Å². The normalized spacial score (nSPS) is 11.1. The Hall–Kier alpha value is -1.95. The van der Waals surface area contributed by atoms with Crippen LogP contribution in [-0.4, -0.2) is 19.5 Å². The maximum atomic E-state index is 5.98. The van der Waals surface area contributed by atoms with Crippen molar-refractivity contribution in [1.82, 2.24) is 19.5 Å². The first-order chi connectivity index (χ1) is 9.13. The summed E-state index contributed by atoms with van der Waals surface area (Å²) in [5, 5.41) is 0. The van der Waals surface area contributed by atoms with Gasteiger partial charge in [-0.15, -0.1) is 0 Å². The van der Waals surface area contributed by atoms with E-state index in [4.69, 9.17) is 5.73 Å². The molecule has 3 aromatic rings. The van der Waals surface area contributed by atoms with Gasteiger partial charge in [0.05, 0.1) is 23.3 Å². The Morgan fingerprint density at radius 3 is 2.89 bits per heavy atom. The monoisotopic (exact) mass is 317 g/mol. The lowest BCUT2D eigenvalue weighted by atomic mass is 10.3. The quantitative estimate of drug-likeness (QED) is 0.788. The summed E-state index contributed by atoms with van der Waals surface area (Å²) in [5.41, 5.74) is 8.77. The molecule has 2 N–H and O–H groups in total. The third-order valence-electron chi connectivity index (χ3n) is 2.89. The number of hydrogen-bond donors (Lipinski definition) is 1. The smallest absolute Gasteiger partial charge is 0.201 e. The van der Waals surface area contributed by atoms with Gasteiger partial charge in [0, 0.05) is 10.7 Å². The molecule has 0 unspecified atom stereocenters. The molecule has 96 valence electrons. The van der Waals surface area contributed by atoms with Crippen molar-refractivity contribution in [1.29, 1.82) is 0 Å². The van der Waals surface area contributed by atoms with Gasteiger partial charge in [0.1, 0.15) is 5.82 Å². The number of anilines is 1. The van der Waals surface area contributed by atoms with Crippen molar-refractivity contribution in [3.8, 4) is 0 Å². The molecule has 0 aliphatic rings. The predicted octanol–water partition coefficient (Wildman–Crippen LogP) is 2.53. The van der Waals surface area contributed by atoms with Crippen LogP contribution < -0.4 is 5.73 Å². The standard InChI is InChI=1S/C13H12BrN5/c1-8-16-5-4-10(17-8)7-19-12-3-2-9(14)6-11(12)18-13(19)15/h2-6H,7H2,1H3,(H2,15,18). The van der Waals surface area contributed by atoms with Gasteiger partial charge in [-0.25, -0.2) is 15.0 Å². The van der Waals surface area contributed by atoms with Crippen molar-refractivity contribution in [2.45, 2.75) is 13.5 Å². The highest BCUT2D eigenvalue weighted by Crippen LogP contribution is 2.22. The molecule has 0 radical (unpaired) electrons. The molecule has 0 fully saturated rings. The largest absolute Gasteiger partial charge is 0.369 e. The summed E-state index contributed by atoms with van der Waals surface area (Å²) >= 11 is 3.43. The molecule has 5 nitrogen and oxygen atoms in total. The van der Waals surface area contributed by atoms with Crippen LogP contribution in [0.25, 0.3) is 11.0 Å². The summed E-state index contributed by atoms with van der Waals surface area (Å²) in [6.45, 7) is 2.46. The number of rotatable bonds is 2. The lowest BCUT2D eigenvalue weighted by molar-refractivity contribution is 0.795. The maximum absolute atomic E-state index is 5.98. The van der Waals surface area contributed by atoms with E-state index in [9.17, 15) is 0 Å². The van der Waals surface area contributed by atoms with Gasteiger partial charge in [0.15, 0.2) is 0 Å². The van der Waals surface area contributed by atoms with E-state index in [1.807, 2.05) is 35.8 Å². The number of aryl methyl sites for hydroxylation is 1. The molecule has 0 aliphatic carbocycles. The van der Waals surface area contributed by atoms with Crippen molar-refractivity contribution in [2.24, 2.45) is 0 Å². The molecule has 2 aromatic heterocycles. The minimum absolute atomic E-state index is 0.490. The Labute approximate surface area is 118 Å². The van der Waals surface area contributed by atoms with Crippen LogP contribution in [0.15, 0.2) is 34.9 Å². The van der Waals surface area contributed by atoms with E-state index in [0.717, 1.165) is 27.0 Å². The Morgan fingerprint density at radius 1 is 1.26 bits per heavy atom. The van der Waals surface area contributed by atoms with Crippen molar-refractivity contribution in [3.63, 3.8) is 0 Å². The molecular weight excluding hydrogens is 306 g/mol. The number of nitrogen functional groups attached to an aromatic ring is 1. The molecule has 6 heteroatoms. The van der Waals surface area contributed by atoms with Crippen LogP contribution in [0.3, 0.4) is 0 Å². The van der Waals surface area contributed by atoms with Crippen molar-refractivity contribution < 1.29 is 0 Å². The predicted molar refractivity (Wildman–Crippen MR) is 77.7 cm³/mol. The van der Waals surface area contributed by atoms with E-state index >= 15 is 0 Å². The van der Waals surface area contributed by atoms with Gasteiger partial charge in [-0.2, -0.15) is 0 Å². The molecule has 0 aliphatic heterocycles. The molecule has 0 amide bonds. The Kier molecular flexibility index (Phi) is 2.94. The first-order valence-electron chi connectivity index (χ1n) is 5.83. The molecule has 3 rings (SSSR count). The Morgan fingerprint density at radius 2 is 2.11 bits per heavy atom. The average molecular weight is 318 g/mol. The average Bonchev–Trinajstić information content (AvgIpc) is 2.65. The summed E-state index contributed by atoms with van der Waals surface area (Å²) in [5.74, 6) is 1.24. The van der Waals surface area contributed by atoms with Crippen molar-refractivity contribution in [3.05, 3.63) is 46.5 Å².